The lowest BCUT2D eigenvalue weighted by Gasteiger charge is -2.21. The highest BCUT2D eigenvalue weighted by Crippen LogP contribution is 2.16. The number of hydrogen-bond acceptors (Lipinski definition) is 3. The Bertz CT molecular complexity index is 256. The molecule has 4 unspecified atom stereocenters. The summed E-state index contributed by atoms with van der Waals surface area (Å²) in [7, 11) is 2.52. The first kappa shape index (κ1) is 15.8. The summed E-state index contributed by atoms with van der Waals surface area (Å²) >= 11 is 0. The zero-order valence-electron chi connectivity index (χ0n) is 10.6. The number of Topliss-reactive ketones (excluding diaryl/α,β-unsaturated/α-hetero) is 1. The molecule has 0 radical (unpaired) electrons. The van der Waals surface area contributed by atoms with Crippen molar-refractivity contribution in [3.63, 3.8) is 0 Å². The topological polar surface area (TPSA) is 46.5 Å². The van der Waals surface area contributed by atoms with E-state index < -0.39 is 12.0 Å². The van der Waals surface area contributed by atoms with Gasteiger partial charge in [0.15, 0.2) is 0 Å². The van der Waals surface area contributed by atoms with E-state index in [1.807, 2.05) is 13.7 Å². The number of ketones is 1. The van der Waals surface area contributed by atoms with Crippen molar-refractivity contribution in [2.24, 2.45) is 11.8 Å². The van der Waals surface area contributed by atoms with E-state index >= 15 is 0 Å². The Morgan fingerprint density at radius 2 is 2.06 bits per heavy atom. The number of aliphatic hydroxyl groups excluding tert-OH is 1. The monoisotopic (exact) mass is 244 g/mol. The average molecular weight is 244 g/mol. The maximum absolute atomic E-state index is 11.9. The minimum absolute atomic E-state index is 0.0150. The van der Waals surface area contributed by atoms with Crippen LogP contribution in [0.1, 0.15) is 20.8 Å². The molecule has 16 heavy (non-hydrogen) atoms. The van der Waals surface area contributed by atoms with E-state index in [4.69, 9.17) is 4.65 Å². The van der Waals surface area contributed by atoms with E-state index in [9.17, 15) is 9.90 Å². The molecule has 0 fully saturated rings. The van der Waals surface area contributed by atoms with Crippen LogP contribution in [0.2, 0.25) is 6.82 Å². The van der Waals surface area contributed by atoms with Gasteiger partial charge in [-0.25, -0.2) is 0 Å². The van der Waals surface area contributed by atoms with Gasteiger partial charge in [-0.15, -0.1) is 9.12 Å². The highest BCUT2D eigenvalue weighted by Gasteiger charge is 2.26. The molecule has 92 valence electrons. The van der Waals surface area contributed by atoms with Crippen molar-refractivity contribution in [2.75, 3.05) is 6.61 Å². The first-order valence-electron chi connectivity index (χ1n) is 5.51. The number of carbonyl (C=O) groups excluding carboxylic acids is 1. The number of aliphatic hydroxyl groups is 1. The Balaban J connectivity index is 4.26. The Hall–Kier alpha value is -0.175. The van der Waals surface area contributed by atoms with E-state index in [-0.39, 0.29) is 18.3 Å². The van der Waals surface area contributed by atoms with Gasteiger partial charge in [0, 0.05) is 18.4 Å². The summed E-state index contributed by atoms with van der Waals surface area (Å²) in [4.78, 5) is 11.9. The Morgan fingerprint density at radius 3 is 2.44 bits per heavy atom. The highest BCUT2D eigenvalue weighted by molar-refractivity contribution is 7.60. The molecule has 4 atom stereocenters. The molecule has 0 aromatic rings. The van der Waals surface area contributed by atoms with Crippen LogP contribution in [0.25, 0.3) is 0 Å². The molecule has 0 aliphatic carbocycles. The van der Waals surface area contributed by atoms with Crippen molar-refractivity contribution in [2.45, 2.75) is 33.7 Å². The van der Waals surface area contributed by atoms with Gasteiger partial charge in [-0.05, 0) is 6.92 Å². The van der Waals surface area contributed by atoms with Crippen LogP contribution in [0.3, 0.4) is 0 Å². The standard InChI is InChI=1S/C11H22BO3P/c1-7(2)10(13)9(4)11(14)8(3)6-15-12(5)16/h8-10,13H,1,6,16H2,2-5H3. The molecule has 0 aromatic carbocycles. The fourth-order valence-corrected chi connectivity index (χ4v) is 1.52. The molecule has 3 nitrogen and oxygen atoms in total. The van der Waals surface area contributed by atoms with Crippen LogP contribution in [0.15, 0.2) is 12.2 Å². The molecule has 0 bridgehead atoms. The Kier molecular flexibility index (Phi) is 7.13. The Labute approximate surface area is 101 Å². The van der Waals surface area contributed by atoms with Crippen LogP contribution < -0.4 is 0 Å². The maximum Gasteiger partial charge on any atom is 0.311 e. The van der Waals surface area contributed by atoms with Crippen LogP contribution in [0, 0.1) is 11.8 Å². The Morgan fingerprint density at radius 1 is 1.56 bits per heavy atom. The van der Waals surface area contributed by atoms with Gasteiger partial charge in [0.25, 0.3) is 0 Å². The van der Waals surface area contributed by atoms with Gasteiger partial charge in [-0.2, -0.15) is 0 Å². The van der Waals surface area contributed by atoms with Crippen LogP contribution in [0.5, 0.6) is 0 Å². The summed E-state index contributed by atoms with van der Waals surface area (Å²) in [5, 5.41) is 9.73. The summed E-state index contributed by atoms with van der Waals surface area (Å²) in [5.41, 5.74) is 0.619. The molecular formula is C11H22BO3P. The second kappa shape index (κ2) is 7.21. The zero-order valence-corrected chi connectivity index (χ0v) is 11.7. The van der Waals surface area contributed by atoms with Crippen molar-refractivity contribution < 1.29 is 14.6 Å². The molecule has 0 aromatic heterocycles. The summed E-state index contributed by atoms with van der Waals surface area (Å²) in [6.45, 7) is 11.2. The van der Waals surface area contributed by atoms with Gasteiger partial charge in [0.1, 0.15) is 5.78 Å². The van der Waals surface area contributed by atoms with Crippen molar-refractivity contribution in [1.29, 1.82) is 0 Å². The molecule has 0 saturated carbocycles. The molecule has 5 heteroatoms. The lowest BCUT2D eigenvalue weighted by molar-refractivity contribution is -0.129. The van der Waals surface area contributed by atoms with E-state index in [1.54, 1.807) is 13.8 Å². The fourth-order valence-electron chi connectivity index (χ4n) is 1.41. The molecular weight excluding hydrogens is 222 g/mol. The largest absolute Gasteiger partial charge is 0.431 e. The van der Waals surface area contributed by atoms with Crippen LogP contribution in [0.4, 0.5) is 0 Å². The van der Waals surface area contributed by atoms with Crippen molar-refractivity contribution in [1.82, 2.24) is 0 Å². The van der Waals surface area contributed by atoms with Crippen LogP contribution in [-0.4, -0.2) is 30.2 Å². The lowest BCUT2D eigenvalue weighted by Crippen LogP contribution is -2.32. The molecule has 0 aliphatic heterocycles. The predicted molar refractivity (Wildman–Crippen MR) is 71.4 cm³/mol. The van der Waals surface area contributed by atoms with E-state index in [0.717, 1.165) is 0 Å². The maximum atomic E-state index is 11.9. The molecule has 0 spiro atoms. The van der Waals surface area contributed by atoms with Gasteiger partial charge >= 0.3 is 6.64 Å². The van der Waals surface area contributed by atoms with Gasteiger partial charge in [0.05, 0.1) is 6.10 Å². The number of carbonyl (C=O) groups is 1. The molecule has 1 N–H and O–H groups in total. The zero-order chi connectivity index (χ0) is 12.9. The molecule has 0 heterocycles. The van der Waals surface area contributed by atoms with Gasteiger partial charge in [-0.3, -0.25) is 4.79 Å². The van der Waals surface area contributed by atoms with Crippen LogP contribution in [-0.2, 0) is 9.45 Å². The van der Waals surface area contributed by atoms with Gasteiger partial charge < -0.3 is 9.76 Å². The normalized spacial score (nSPS) is 16.4. The average Bonchev–Trinajstić information content (AvgIpc) is 2.22. The number of rotatable bonds is 7. The second-order valence-electron chi connectivity index (χ2n) is 4.42. The van der Waals surface area contributed by atoms with E-state index in [2.05, 4.69) is 15.7 Å². The third-order valence-electron chi connectivity index (χ3n) is 2.52. The minimum Gasteiger partial charge on any atom is -0.431 e. The van der Waals surface area contributed by atoms with Crippen LogP contribution >= 0.6 is 9.12 Å². The first-order chi connectivity index (χ1) is 7.27. The minimum atomic E-state index is -0.761. The molecule has 0 amide bonds. The molecule has 0 saturated heterocycles. The fraction of sp³-hybridized carbons (Fsp3) is 0.727. The summed E-state index contributed by atoms with van der Waals surface area (Å²) in [5.74, 6) is -0.607. The van der Waals surface area contributed by atoms with Gasteiger partial charge in [-0.1, -0.05) is 32.8 Å². The smallest absolute Gasteiger partial charge is 0.311 e. The van der Waals surface area contributed by atoms with Crippen molar-refractivity contribution in [3.8, 4) is 0 Å². The quantitative estimate of drug-likeness (QED) is 0.421. The summed E-state index contributed by atoms with van der Waals surface area (Å²) < 4.78 is 5.35. The van der Waals surface area contributed by atoms with Crippen molar-refractivity contribution >= 4 is 21.5 Å². The lowest BCUT2D eigenvalue weighted by atomic mass is 9.88. The predicted octanol–water partition coefficient (Wildman–Crippen LogP) is 1.77. The molecule has 0 aliphatic rings. The third kappa shape index (κ3) is 5.24. The van der Waals surface area contributed by atoms with Gasteiger partial charge in [0.2, 0.25) is 0 Å². The third-order valence-corrected chi connectivity index (χ3v) is 2.71. The summed E-state index contributed by atoms with van der Waals surface area (Å²) in [6, 6.07) is 0. The SMILES string of the molecule is C=C(C)C(O)C(C)C(=O)C(C)COB(C)P. The van der Waals surface area contributed by atoms with E-state index in [1.165, 1.54) is 0 Å². The second-order valence-corrected chi connectivity index (χ2v) is 5.36. The summed E-state index contributed by atoms with van der Waals surface area (Å²) in [6.07, 6.45) is -0.761. The first-order valence-corrected chi connectivity index (χ1v) is 6.18. The number of hydrogen-bond donors (Lipinski definition) is 1. The van der Waals surface area contributed by atoms with E-state index in [0.29, 0.717) is 12.2 Å². The molecule has 0 rings (SSSR count). The van der Waals surface area contributed by atoms with Crippen molar-refractivity contribution in [3.05, 3.63) is 12.2 Å². The highest BCUT2D eigenvalue weighted by atomic mass is 31.0.